The van der Waals surface area contributed by atoms with Crippen LogP contribution in [-0.4, -0.2) is 30.7 Å². The zero-order valence-corrected chi connectivity index (χ0v) is 19.9. The normalized spacial score (nSPS) is 11.6. The fraction of sp³-hybridized carbons (Fsp3) is 0.0417. The number of nitrogens with one attached hydrogen (secondary N) is 1. The van der Waals surface area contributed by atoms with Gasteiger partial charge in [-0.3, -0.25) is 4.72 Å². The Morgan fingerprint density at radius 2 is 1.75 bits per heavy atom. The number of aromatic nitrogens is 3. The number of methoxy groups -OCH3 is 1. The lowest BCUT2D eigenvalue weighted by atomic mass is 9.99. The van der Waals surface area contributed by atoms with E-state index in [1.165, 1.54) is 50.0 Å². The lowest BCUT2D eigenvalue weighted by Gasteiger charge is -2.14. The van der Waals surface area contributed by atoms with Crippen LogP contribution < -0.4 is 9.46 Å². The molecule has 2 aromatic heterocycles. The van der Waals surface area contributed by atoms with Crippen molar-refractivity contribution in [1.29, 1.82) is 0 Å². The number of benzene rings is 3. The Kier molecular flexibility index (Phi) is 6.02. The molecule has 0 saturated heterocycles. The van der Waals surface area contributed by atoms with Crippen LogP contribution in [0.25, 0.3) is 33.3 Å². The van der Waals surface area contributed by atoms with Crippen LogP contribution in [-0.2, 0) is 10.0 Å². The molecule has 5 aromatic rings. The van der Waals surface area contributed by atoms with Crippen molar-refractivity contribution in [2.45, 2.75) is 4.90 Å². The Hall–Kier alpha value is -4.09. The number of fused-ring (bicyclic) bond motifs is 1. The molecule has 0 aliphatic rings. The van der Waals surface area contributed by atoms with Crippen LogP contribution in [0.3, 0.4) is 0 Å². The second kappa shape index (κ2) is 9.17. The van der Waals surface area contributed by atoms with Crippen LogP contribution in [0.15, 0.2) is 76.6 Å². The minimum Gasteiger partial charge on any atom is -0.496 e. The van der Waals surface area contributed by atoms with Gasteiger partial charge in [0.25, 0.3) is 10.0 Å². The molecular formula is C24H15ClF2N4O4S. The van der Waals surface area contributed by atoms with E-state index in [1.807, 2.05) is 0 Å². The summed E-state index contributed by atoms with van der Waals surface area (Å²) in [7, 11) is -2.52. The van der Waals surface area contributed by atoms with Crippen LogP contribution in [0.1, 0.15) is 0 Å². The molecule has 182 valence electrons. The summed E-state index contributed by atoms with van der Waals surface area (Å²) >= 11 is 6.51. The summed E-state index contributed by atoms with van der Waals surface area (Å²) in [5.41, 5.74) is 1.85. The molecule has 36 heavy (non-hydrogen) atoms. The van der Waals surface area contributed by atoms with E-state index in [9.17, 15) is 17.2 Å². The van der Waals surface area contributed by atoms with Crippen molar-refractivity contribution in [2.24, 2.45) is 0 Å². The first kappa shape index (κ1) is 23.6. The third-order valence-electron chi connectivity index (χ3n) is 5.31. The van der Waals surface area contributed by atoms with Crippen LogP contribution in [0.2, 0.25) is 5.02 Å². The third kappa shape index (κ3) is 4.45. The Balaban J connectivity index is 1.60. The number of nitrogens with zero attached hydrogens (tertiary/aromatic N) is 3. The molecule has 0 atom stereocenters. The van der Waals surface area contributed by atoms with E-state index in [-0.39, 0.29) is 21.3 Å². The molecule has 0 spiro atoms. The number of halogens is 3. The molecule has 3 aromatic carbocycles. The third-order valence-corrected chi connectivity index (χ3v) is 6.98. The lowest BCUT2D eigenvalue weighted by molar-refractivity contribution is 0.416. The highest BCUT2D eigenvalue weighted by Gasteiger charge is 2.20. The fourth-order valence-corrected chi connectivity index (χ4v) is 5.00. The summed E-state index contributed by atoms with van der Waals surface area (Å²) < 4.78 is 65.5. The smallest absolute Gasteiger partial charge is 0.263 e. The molecule has 0 bridgehead atoms. The van der Waals surface area contributed by atoms with Gasteiger partial charge < -0.3 is 9.26 Å². The fourth-order valence-electron chi connectivity index (χ4n) is 3.72. The van der Waals surface area contributed by atoms with Crippen molar-refractivity contribution in [3.05, 3.63) is 83.8 Å². The van der Waals surface area contributed by atoms with E-state index in [2.05, 4.69) is 24.4 Å². The van der Waals surface area contributed by atoms with Gasteiger partial charge in [0.1, 0.15) is 30.0 Å². The van der Waals surface area contributed by atoms with Gasteiger partial charge in [-0.25, -0.2) is 27.2 Å². The lowest BCUT2D eigenvalue weighted by Crippen LogP contribution is -2.13. The van der Waals surface area contributed by atoms with Crippen LogP contribution >= 0.6 is 11.6 Å². The number of anilines is 1. The van der Waals surface area contributed by atoms with E-state index in [0.717, 1.165) is 6.07 Å². The summed E-state index contributed by atoms with van der Waals surface area (Å²) in [4.78, 5) is 8.51. The summed E-state index contributed by atoms with van der Waals surface area (Å²) in [6.07, 6.45) is 2.52. The van der Waals surface area contributed by atoms with E-state index < -0.39 is 21.7 Å². The number of hydrogen-bond donors (Lipinski definition) is 1. The first-order valence-corrected chi connectivity index (χ1v) is 12.1. The second-order valence-corrected chi connectivity index (χ2v) is 9.67. The first-order valence-electron chi connectivity index (χ1n) is 10.3. The van der Waals surface area contributed by atoms with E-state index in [1.54, 1.807) is 18.2 Å². The minimum absolute atomic E-state index is 0.0381. The van der Waals surface area contributed by atoms with Gasteiger partial charge in [0.05, 0.1) is 23.2 Å². The monoisotopic (exact) mass is 528 g/mol. The molecule has 1 N–H and O–H groups in total. The second-order valence-electron chi connectivity index (χ2n) is 7.58. The summed E-state index contributed by atoms with van der Waals surface area (Å²) in [6.45, 7) is 0. The zero-order valence-electron chi connectivity index (χ0n) is 18.4. The minimum atomic E-state index is -3.96. The SMILES string of the molecule is COc1cc(-c2cc(F)cc(F)c2)c(Cl)cc1-c1ncnc2cc(S(=O)(=O)Nc3ccon3)ccc12. The molecule has 12 heteroatoms. The van der Waals surface area contributed by atoms with E-state index in [4.69, 9.17) is 16.3 Å². The molecule has 0 fully saturated rings. The highest BCUT2D eigenvalue weighted by atomic mass is 35.5. The van der Waals surface area contributed by atoms with Crippen molar-refractivity contribution in [1.82, 2.24) is 15.1 Å². The molecule has 8 nitrogen and oxygen atoms in total. The molecule has 5 rings (SSSR count). The van der Waals surface area contributed by atoms with Crippen molar-refractivity contribution < 1.29 is 26.5 Å². The van der Waals surface area contributed by atoms with Gasteiger partial charge in [-0.1, -0.05) is 16.8 Å². The molecule has 0 radical (unpaired) electrons. The average Bonchev–Trinajstić information content (AvgIpc) is 3.35. The number of sulfonamides is 1. The number of rotatable bonds is 6. The van der Waals surface area contributed by atoms with Crippen molar-refractivity contribution in [3.63, 3.8) is 0 Å². The molecule has 0 saturated carbocycles. The predicted molar refractivity (Wildman–Crippen MR) is 129 cm³/mol. The molecule has 0 aliphatic heterocycles. The Morgan fingerprint density at radius 1 is 0.972 bits per heavy atom. The predicted octanol–water partition coefficient (Wildman–Crippen LogP) is 5.69. The van der Waals surface area contributed by atoms with Gasteiger partial charge in [0, 0.05) is 33.7 Å². The quantitative estimate of drug-likeness (QED) is 0.301. The van der Waals surface area contributed by atoms with Crippen molar-refractivity contribution in [2.75, 3.05) is 11.8 Å². The highest BCUT2D eigenvalue weighted by Crippen LogP contribution is 2.41. The van der Waals surface area contributed by atoms with Crippen LogP contribution in [0, 0.1) is 11.6 Å². The van der Waals surface area contributed by atoms with Gasteiger partial charge in [0.15, 0.2) is 5.82 Å². The maximum absolute atomic E-state index is 13.8. The summed E-state index contributed by atoms with van der Waals surface area (Å²) in [6, 6.07) is 11.9. The first-order chi connectivity index (χ1) is 17.2. The standard InChI is InChI=1S/C24H15ClF2N4O4S/c1-34-22-11-18(13-6-14(26)8-15(27)7-13)20(25)10-19(22)24-17-3-2-16(9-21(17)28-12-29-24)36(32,33)31-23-4-5-35-30-23/h2-12H,1H3,(H,30,31). The molecular weight excluding hydrogens is 514 g/mol. The topological polar surface area (TPSA) is 107 Å². The molecule has 0 aliphatic carbocycles. The van der Waals surface area contributed by atoms with Gasteiger partial charge in [-0.2, -0.15) is 0 Å². The Morgan fingerprint density at radius 3 is 2.44 bits per heavy atom. The maximum atomic E-state index is 13.8. The number of hydrogen-bond acceptors (Lipinski definition) is 7. The van der Waals surface area contributed by atoms with Crippen LogP contribution in [0.5, 0.6) is 5.75 Å². The van der Waals surface area contributed by atoms with E-state index >= 15 is 0 Å². The Bertz CT molecular complexity index is 1690. The largest absolute Gasteiger partial charge is 0.496 e. The molecule has 0 amide bonds. The Labute approximate surface area is 208 Å². The van der Waals surface area contributed by atoms with Gasteiger partial charge in [-0.15, -0.1) is 0 Å². The summed E-state index contributed by atoms with van der Waals surface area (Å²) in [5, 5.41) is 4.28. The summed E-state index contributed by atoms with van der Waals surface area (Å²) in [5.74, 6) is -1.11. The molecule has 0 unspecified atom stereocenters. The van der Waals surface area contributed by atoms with Crippen molar-refractivity contribution in [3.8, 4) is 28.1 Å². The molecule has 2 heterocycles. The zero-order chi connectivity index (χ0) is 25.4. The highest BCUT2D eigenvalue weighted by molar-refractivity contribution is 7.92. The van der Waals surface area contributed by atoms with Gasteiger partial charge in [-0.05, 0) is 48.0 Å². The van der Waals surface area contributed by atoms with Crippen molar-refractivity contribution >= 4 is 38.3 Å². The average molecular weight is 529 g/mol. The van der Waals surface area contributed by atoms with Gasteiger partial charge >= 0.3 is 0 Å². The van der Waals surface area contributed by atoms with Crippen LogP contribution in [0.4, 0.5) is 14.6 Å². The van der Waals surface area contributed by atoms with Gasteiger partial charge in [0.2, 0.25) is 0 Å². The maximum Gasteiger partial charge on any atom is 0.263 e. The van der Waals surface area contributed by atoms with E-state index in [0.29, 0.717) is 33.5 Å². The number of ether oxygens (including phenoxy) is 1.